The minimum Gasteiger partial charge on any atom is -0.384 e. The summed E-state index contributed by atoms with van der Waals surface area (Å²) < 4.78 is 26.7. The fourth-order valence-corrected chi connectivity index (χ4v) is 5.53. The summed E-state index contributed by atoms with van der Waals surface area (Å²) in [6.07, 6.45) is 9.14. The summed E-state index contributed by atoms with van der Waals surface area (Å²) in [7, 11) is 1.62. The standard InChI is InChI=1S/C36H39F2N3O/c1-6-36(7-2,8-3)41-24(4)26-11-9-12-27(21-26)31-23-32-28(22-33(31)40-20-10-19-37)15-18-30(34(32)35(42)39-5)25-13-16-29(38)17-14-25/h1,9,11-14,16-17,21-23,40-41H,4,7-8,10,15,18-20H2,2-3,5H3,(H,39,42). The largest absolute Gasteiger partial charge is 0.384 e. The first-order valence-corrected chi connectivity index (χ1v) is 14.5. The summed E-state index contributed by atoms with van der Waals surface area (Å²) >= 11 is 0. The normalized spacial score (nSPS) is 12.8. The summed E-state index contributed by atoms with van der Waals surface area (Å²) in [5.41, 5.74) is 7.96. The fraction of sp³-hybridized carbons (Fsp3) is 0.306. The van der Waals surface area contributed by atoms with Gasteiger partial charge in [0.25, 0.3) is 5.91 Å². The number of carbonyl (C=O) groups is 1. The molecule has 1 aliphatic rings. The topological polar surface area (TPSA) is 53.2 Å². The zero-order valence-electron chi connectivity index (χ0n) is 24.7. The molecule has 0 saturated carbocycles. The highest BCUT2D eigenvalue weighted by atomic mass is 19.1. The molecule has 0 aromatic heterocycles. The number of anilines is 1. The van der Waals surface area contributed by atoms with Crippen molar-refractivity contribution in [2.75, 3.05) is 25.6 Å². The van der Waals surface area contributed by atoms with Gasteiger partial charge in [0.1, 0.15) is 5.82 Å². The number of aryl methyl sites for hydroxylation is 1. The van der Waals surface area contributed by atoms with Crippen LogP contribution in [-0.4, -0.2) is 31.7 Å². The van der Waals surface area contributed by atoms with Crippen molar-refractivity contribution in [2.24, 2.45) is 0 Å². The van der Waals surface area contributed by atoms with E-state index in [0.717, 1.165) is 63.2 Å². The summed E-state index contributed by atoms with van der Waals surface area (Å²) in [6, 6.07) is 18.4. The smallest absolute Gasteiger partial charge is 0.251 e. The number of carbonyl (C=O) groups excluding carboxylic acids is 1. The lowest BCUT2D eigenvalue weighted by molar-refractivity contribution is -0.115. The van der Waals surface area contributed by atoms with Gasteiger partial charge < -0.3 is 16.0 Å². The molecule has 0 unspecified atom stereocenters. The predicted octanol–water partition coefficient (Wildman–Crippen LogP) is 7.62. The minimum atomic E-state index is -0.484. The van der Waals surface area contributed by atoms with Gasteiger partial charge in [-0.15, -0.1) is 6.42 Å². The van der Waals surface area contributed by atoms with Crippen molar-refractivity contribution in [3.63, 3.8) is 0 Å². The van der Waals surface area contributed by atoms with E-state index in [1.165, 1.54) is 12.1 Å². The SMILES string of the molecule is C#CC(CC)(CC)NC(=C)c1cccc(-c2cc3c(cc2NCCCF)CCC(c2ccc(F)cc2)=C3C(=O)NC)c1. The molecule has 4 rings (SSSR count). The van der Waals surface area contributed by atoms with Crippen molar-refractivity contribution in [3.8, 4) is 23.5 Å². The summed E-state index contributed by atoms with van der Waals surface area (Å²) in [4.78, 5) is 13.3. The van der Waals surface area contributed by atoms with Crippen LogP contribution in [0.25, 0.3) is 28.0 Å². The molecule has 0 bridgehead atoms. The Morgan fingerprint density at radius 1 is 1.02 bits per heavy atom. The molecule has 6 heteroatoms. The van der Waals surface area contributed by atoms with Crippen LogP contribution in [0.1, 0.15) is 61.8 Å². The van der Waals surface area contributed by atoms with Gasteiger partial charge in [-0.05, 0) is 95.8 Å². The molecule has 3 aromatic carbocycles. The van der Waals surface area contributed by atoms with Crippen molar-refractivity contribution >= 4 is 28.4 Å². The van der Waals surface area contributed by atoms with Gasteiger partial charge in [0.05, 0.1) is 17.8 Å². The molecule has 0 atom stereocenters. The molecule has 1 amide bonds. The number of terminal acetylenes is 1. The highest BCUT2D eigenvalue weighted by molar-refractivity contribution is 6.28. The number of amides is 1. The number of fused-ring (bicyclic) bond motifs is 1. The van der Waals surface area contributed by atoms with Crippen LogP contribution in [0.4, 0.5) is 14.5 Å². The van der Waals surface area contributed by atoms with E-state index in [1.807, 2.05) is 24.3 Å². The van der Waals surface area contributed by atoms with E-state index in [1.54, 1.807) is 19.2 Å². The van der Waals surface area contributed by atoms with Gasteiger partial charge in [0, 0.05) is 30.5 Å². The van der Waals surface area contributed by atoms with E-state index in [0.29, 0.717) is 31.4 Å². The van der Waals surface area contributed by atoms with E-state index >= 15 is 0 Å². The Bertz CT molecular complexity index is 1530. The second-order valence-electron chi connectivity index (χ2n) is 10.6. The third-order valence-electron chi connectivity index (χ3n) is 8.13. The average Bonchev–Trinajstić information content (AvgIpc) is 3.03. The number of nitrogens with one attached hydrogen (secondary N) is 3. The summed E-state index contributed by atoms with van der Waals surface area (Å²) in [5, 5.41) is 9.69. The van der Waals surface area contributed by atoms with Crippen LogP contribution in [0.15, 0.2) is 67.2 Å². The molecule has 42 heavy (non-hydrogen) atoms. The van der Waals surface area contributed by atoms with Crippen molar-refractivity contribution in [3.05, 3.63) is 95.3 Å². The van der Waals surface area contributed by atoms with E-state index in [4.69, 9.17) is 6.42 Å². The van der Waals surface area contributed by atoms with Crippen molar-refractivity contribution < 1.29 is 13.6 Å². The van der Waals surface area contributed by atoms with Gasteiger partial charge >= 0.3 is 0 Å². The van der Waals surface area contributed by atoms with Crippen LogP contribution in [0.5, 0.6) is 0 Å². The Labute approximate surface area is 248 Å². The molecular weight excluding hydrogens is 528 g/mol. The molecule has 218 valence electrons. The van der Waals surface area contributed by atoms with Crippen molar-refractivity contribution in [1.29, 1.82) is 0 Å². The average molecular weight is 568 g/mol. The first kappa shape index (κ1) is 30.6. The number of likely N-dealkylation sites (N-methyl/N-ethyl adjacent to an activating group) is 1. The molecule has 3 aromatic rings. The van der Waals surface area contributed by atoms with E-state index in [-0.39, 0.29) is 11.7 Å². The first-order chi connectivity index (χ1) is 20.3. The molecule has 0 heterocycles. The van der Waals surface area contributed by atoms with Crippen LogP contribution in [0.2, 0.25) is 0 Å². The highest BCUT2D eigenvalue weighted by Gasteiger charge is 2.27. The lowest BCUT2D eigenvalue weighted by Crippen LogP contribution is -2.41. The number of rotatable bonds is 12. The van der Waals surface area contributed by atoms with Crippen LogP contribution in [0, 0.1) is 18.2 Å². The van der Waals surface area contributed by atoms with E-state index in [9.17, 15) is 13.6 Å². The van der Waals surface area contributed by atoms with E-state index in [2.05, 4.69) is 54.4 Å². The van der Waals surface area contributed by atoms with Gasteiger partial charge in [-0.2, -0.15) is 0 Å². The quantitative estimate of drug-likeness (QED) is 0.156. The third-order valence-corrected chi connectivity index (χ3v) is 8.13. The molecule has 3 N–H and O–H groups in total. The molecule has 0 radical (unpaired) electrons. The number of hydrogen-bond acceptors (Lipinski definition) is 3. The van der Waals surface area contributed by atoms with Gasteiger partial charge in [0.15, 0.2) is 0 Å². The Morgan fingerprint density at radius 3 is 2.40 bits per heavy atom. The Morgan fingerprint density at radius 2 is 1.76 bits per heavy atom. The number of allylic oxidation sites excluding steroid dienone is 1. The Kier molecular flexibility index (Phi) is 9.85. The zero-order chi connectivity index (χ0) is 30.3. The predicted molar refractivity (Wildman–Crippen MR) is 171 cm³/mol. The molecular formula is C36H39F2N3O. The van der Waals surface area contributed by atoms with Crippen LogP contribution in [0.3, 0.4) is 0 Å². The highest BCUT2D eigenvalue weighted by Crippen LogP contribution is 2.42. The van der Waals surface area contributed by atoms with Crippen LogP contribution in [-0.2, 0) is 11.2 Å². The lowest BCUT2D eigenvalue weighted by atomic mass is 9.80. The number of benzene rings is 3. The maximum atomic E-state index is 13.7. The molecule has 1 aliphatic carbocycles. The van der Waals surface area contributed by atoms with Gasteiger partial charge in [-0.3, -0.25) is 9.18 Å². The molecule has 0 fully saturated rings. The zero-order valence-corrected chi connectivity index (χ0v) is 24.7. The number of hydrogen-bond donors (Lipinski definition) is 3. The van der Waals surface area contributed by atoms with Crippen LogP contribution < -0.4 is 16.0 Å². The van der Waals surface area contributed by atoms with Gasteiger partial charge in [-0.25, -0.2) is 4.39 Å². The maximum absolute atomic E-state index is 13.7. The third kappa shape index (κ3) is 6.41. The Balaban J connectivity index is 1.86. The number of alkyl halides is 1. The summed E-state index contributed by atoms with van der Waals surface area (Å²) in [5.74, 6) is 2.38. The number of halogens is 2. The minimum absolute atomic E-state index is 0.199. The van der Waals surface area contributed by atoms with E-state index < -0.39 is 12.2 Å². The second-order valence-corrected chi connectivity index (χ2v) is 10.6. The lowest BCUT2D eigenvalue weighted by Gasteiger charge is -2.29. The Hall–Kier alpha value is -4.37. The van der Waals surface area contributed by atoms with Crippen molar-refractivity contribution in [2.45, 2.75) is 51.5 Å². The second kappa shape index (κ2) is 13.5. The molecule has 4 nitrogen and oxygen atoms in total. The van der Waals surface area contributed by atoms with Crippen molar-refractivity contribution in [1.82, 2.24) is 10.6 Å². The molecule has 0 aliphatic heterocycles. The maximum Gasteiger partial charge on any atom is 0.251 e. The fourth-order valence-electron chi connectivity index (χ4n) is 5.53. The van der Waals surface area contributed by atoms with Gasteiger partial charge in [0.2, 0.25) is 0 Å². The monoisotopic (exact) mass is 567 g/mol. The molecule has 0 saturated heterocycles. The first-order valence-electron chi connectivity index (χ1n) is 14.5. The van der Waals surface area contributed by atoms with Gasteiger partial charge in [-0.1, -0.05) is 56.7 Å². The van der Waals surface area contributed by atoms with Crippen LogP contribution >= 0.6 is 0 Å². The molecule has 0 spiro atoms. The summed E-state index contributed by atoms with van der Waals surface area (Å²) in [6.45, 7) is 8.47.